The van der Waals surface area contributed by atoms with Gasteiger partial charge in [-0.25, -0.2) is 0 Å². The molecule has 2 nitrogen and oxygen atoms in total. The maximum atomic E-state index is 9.29. The van der Waals surface area contributed by atoms with Crippen LogP contribution in [0.25, 0.3) is 0 Å². The predicted octanol–water partition coefficient (Wildman–Crippen LogP) is 1.93. The van der Waals surface area contributed by atoms with Crippen molar-refractivity contribution in [2.45, 2.75) is 44.9 Å². The molecule has 82 valence electrons. The van der Waals surface area contributed by atoms with Crippen LogP contribution in [0.5, 0.6) is 0 Å². The van der Waals surface area contributed by atoms with Crippen molar-refractivity contribution >= 4 is 0 Å². The average molecular weight is 197 g/mol. The maximum absolute atomic E-state index is 9.29. The lowest BCUT2D eigenvalue weighted by molar-refractivity contribution is 0.0440. The van der Waals surface area contributed by atoms with Crippen LogP contribution in [0.2, 0.25) is 0 Å². The first kappa shape index (κ1) is 10.4. The highest BCUT2D eigenvalue weighted by Gasteiger charge is 2.35. The minimum Gasteiger partial charge on any atom is -0.396 e. The van der Waals surface area contributed by atoms with Crippen molar-refractivity contribution < 1.29 is 5.11 Å². The Hall–Kier alpha value is -0.0800. The van der Waals surface area contributed by atoms with Gasteiger partial charge in [-0.05, 0) is 38.1 Å². The van der Waals surface area contributed by atoms with Crippen LogP contribution in [0.1, 0.15) is 44.9 Å². The molecule has 0 amide bonds. The molecular formula is C12H23NO. The van der Waals surface area contributed by atoms with Gasteiger partial charge in [0.1, 0.15) is 0 Å². The minimum atomic E-state index is 0.263. The Bertz CT molecular complexity index is 166. The van der Waals surface area contributed by atoms with Crippen LogP contribution in [0, 0.1) is 11.3 Å². The number of nitrogens with one attached hydrogen (secondary N) is 1. The molecule has 2 aliphatic rings. The first-order chi connectivity index (χ1) is 6.85. The molecule has 0 aliphatic heterocycles. The van der Waals surface area contributed by atoms with Crippen LogP contribution in [-0.4, -0.2) is 24.8 Å². The second kappa shape index (κ2) is 4.63. The van der Waals surface area contributed by atoms with Crippen LogP contribution in [-0.2, 0) is 0 Å². The van der Waals surface area contributed by atoms with E-state index in [4.69, 9.17) is 0 Å². The van der Waals surface area contributed by atoms with Gasteiger partial charge >= 0.3 is 0 Å². The Morgan fingerprint density at radius 3 is 2.36 bits per heavy atom. The molecule has 2 aliphatic carbocycles. The summed E-state index contributed by atoms with van der Waals surface area (Å²) in [5.74, 6) is 0.922. The van der Waals surface area contributed by atoms with E-state index >= 15 is 0 Å². The van der Waals surface area contributed by atoms with E-state index in [1.807, 2.05) is 0 Å². The molecule has 2 saturated carbocycles. The highest BCUT2D eigenvalue weighted by atomic mass is 16.3. The third-order valence-corrected chi connectivity index (χ3v) is 4.16. The standard InChI is InChI=1S/C12H23NO/c14-10-12(6-3-7-12)9-13-8-11-4-1-2-5-11/h11,13-14H,1-10H2. The molecule has 2 rings (SSSR count). The van der Waals surface area contributed by atoms with E-state index in [1.54, 1.807) is 0 Å². The summed E-state index contributed by atoms with van der Waals surface area (Å²) in [7, 11) is 0. The SMILES string of the molecule is OCC1(CNCC2CCCC2)CCC1. The highest BCUT2D eigenvalue weighted by molar-refractivity contribution is 4.89. The molecule has 2 fully saturated rings. The Kier molecular flexibility index (Phi) is 3.45. The second-order valence-electron chi connectivity index (χ2n) is 5.29. The van der Waals surface area contributed by atoms with Crippen LogP contribution >= 0.6 is 0 Å². The third kappa shape index (κ3) is 2.29. The molecule has 0 radical (unpaired) electrons. The van der Waals surface area contributed by atoms with Crippen molar-refractivity contribution in [2.24, 2.45) is 11.3 Å². The van der Waals surface area contributed by atoms with E-state index in [9.17, 15) is 5.11 Å². The summed E-state index contributed by atoms with van der Waals surface area (Å²) in [4.78, 5) is 0. The van der Waals surface area contributed by atoms with E-state index in [0.717, 1.165) is 12.5 Å². The lowest BCUT2D eigenvalue weighted by atomic mass is 9.69. The number of hydrogen-bond donors (Lipinski definition) is 2. The van der Waals surface area contributed by atoms with Gasteiger partial charge in [0.05, 0.1) is 0 Å². The van der Waals surface area contributed by atoms with Crippen molar-refractivity contribution in [3.8, 4) is 0 Å². The normalized spacial score (nSPS) is 26.4. The maximum Gasteiger partial charge on any atom is 0.0499 e. The number of hydrogen-bond acceptors (Lipinski definition) is 2. The Labute approximate surface area is 87.1 Å². The minimum absolute atomic E-state index is 0.263. The van der Waals surface area contributed by atoms with Gasteiger partial charge in [-0.15, -0.1) is 0 Å². The van der Waals surface area contributed by atoms with Gasteiger partial charge in [0.25, 0.3) is 0 Å². The van der Waals surface area contributed by atoms with Gasteiger partial charge < -0.3 is 10.4 Å². The molecule has 0 atom stereocenters. The van der Waals surface area contributed by atoms with E-state index in [-0.39, 0.29) is 5.41 Å². The summed E-state index contributed by atoms with van der Waals surface area (Å²) in [5.41, 5.74) is 0.263. The molecular weight excluding hydrogens is 174 g/mol. The lowest BCUT2D eigenvalue weighted by Crippen LogP contribution is -2.43. The zero-order chi connectivity index (χ0) is 9.86. The molecule has 0 aromatic carbocycles. The monoisotopic (exact) mass is 197 g/mol. The second-order valence-corrected chi connectivity index (χ2v) is 5.29. The largest absolute Gasteiger partial charge is 0.396 e. The number of aliphatic hydroxyl groups excluding tert-OH is 1. The molecule has 0 heterocycles. The Morgan fingerprint density at radius 2 is 1.86 bits per heavy atom. The van der Waals surface area contributed by atoms with Crippen molar-refractivity contribution in [2.75, 3.05) is 19.7 Å². The summed E-state index contributed by atoms with van der Waals surface area (Å²) >= 11 is 0. The zero-order valence-corrected chi connectivity index (χ0v) is 9.10. The molecule has 0 aromatic heterocycles. The van der Waals surface area contributed by atoms with Crippen LogP contribution in [0.15, 0.2) is 0 Å². The Balaban J connectivity index is 1.61. The zero-order valence-electron chi connectivity index (χ0n) is 9.10. The van der Waals surface area contributed by atoms with Crippen molar-refractivity contribution in [3.05, 3.63) is 0 Å². The van der Waals surface area contributed by atoms with Crippen LogP contribution in [0.4, 0.5) is 0 Å². The van der Waals surface area contributed by atoms with E-state index in [1.165, 1.54) is 51.5 Å². The van der Waals surface area contributed by atoms with E-state index < -0.39 is 0 Å². The topological polar surface area (TPSA) is 32.3 Å². The molecule has 2 N–H and O–H groups in total. The first-order valence-electron chi connectivity index (χ1n) is 6.16. The van der Waals surface area contributed by atoms with Gasteiger partial charge in [0.15, 0.2) is 0 Å². The fraction of sp³-hybridized carbons (Fsp3) is 1.00. The fourth-order valence-corrected chi connectivity index (χ4v) is 2.82. The Morgan fingerprint density at radius 1 is 1.14 bits per heavy atom. The van der Waals surface area contributed by atoms with Crippen molar-refractivity contribution in [1.82, 2.24) is 5.32 Å². The quantitative estimate of drug-likeness (QED) is 0.706. The summed E-state index contributed by atoms with van der Waals surface area (Å²) in [5, 5.41) is 12.8. The van der Waals surface area contributed by atoms with Crippen LogP contribution in [0.3, 0.4) is 0 Å². The average Bonchev–Trinajstić information content (AvgIpc) is 2.62. The van der Waals surface area contributed by atoms with Crippen LogP contribution < -0.4 is 5.32 Å². The van der Waals surface area contributed by atoms with Gasteiger partial charge in [0.2, 0.25) is 0 Å². The molecule has 0 bridgehead atoms. The predicted molar refractivity (Wildman–Crippen MR) is 58.2 cm³/mol. The fourth-order valence-electron chi connectivity index (χ4n) is 2.82. The highest BCUT2D eigenvalue weighted by Crippen LogP contribution is 2.39. The molecule has 0 aromatic rings. The summed E-state index contributed by atoms with van der Waals surface area (Å²) < 4.78 is 0. The van der Waals surface area contributed by atoms with E-state index in [0.29, 0.717) is 6.61 Å². The van der Waals surface area contributed by atoms with Gasteiger partial charge in [-0.1, -0.05) is 19.3 Å². The molecule has 2 heteroatoms. The van der Waals surface area contributed by atoms with Gasteiger partial charge in [0, 0.05) is 18.6 Å². The molecule has 0 spiro atoms. The first-order valence-corrected chi connectivity index (χ1v) is 6.16. The summed E-state index contributed by atoms with van der Waals surface area (Å²) in [6, 6.07) is 0. The lowest BCUT2D eigenvalue weighted by Gasteiger charge is -2.40. The van der Waals surface area contributed by atoms with Crippen molar-refractivity contribution in [1.29, 1.82) is 0 Å². The van der Waals surface area contributed by atoms with Gasteiger partial charge in [-0.3, -0.25) is 0 Å². The third-order valence-electron chi connectivity index (χ3n) is 4.16. The van der Waals surface area contributed by atoms with Gasteiger partial charge in [-0.2, -0.15) is 0 Å². The summed E-state index contributed by atoms with van der Waals surface area (Å²) in [6.07, 6.45) is 9.45. The van der Waals surface area contributed by atoms with E-state index in [2.05, 4.69) is 5.32 Å². The van der Waals surface area contributed by atoms with Crippen molar-refractivity contribution in [3.63, 3.8) is 0 Å². The molecule has 14 heavy (non-hydrogen) atoms. The smallest absolute Gasteiger partial charge is 0.0499 e. The molecule has 0 saturated heterocycles. The number of aliphatic hydroxyl groups is 1. The molecule has 0 unspecified atom stereocenters. The number of rotatable bonds is 5. The summed E-state index contributed by atoms with van der Waals surface area (Å²) in [6.45, 7) is 2.60.